The van der Waals surface area contributed by atoms with Crippen LogP contribution in [-0.2, 0) is 11.3 Å². The van der Waals surface area contributed by atoms with Gasteiger partial charge in [-0.2, -0.15) is 0 Å². The molecule has 1 atom stereocenters. The van der Waals surface area contributed by atoms with Gasteiger partial charge in [-0.1, -0.05) is 30.3 Å². The Morgan fingerprint density at radius 3 is 2.61 bits per heavy atom. The van der Waals surface area contributed by atoms with Crippen LogP contribution in [0.2, 0.25) is 0 Å². The minimum Gasteiger partial charge on any atom is -0.361 e. The Labute approximate surface area is 143 Å². The molecular formula is C17H24ClN3O2. The van der Waals surface area contributed by atoms with Crippen LogP contribution in [0.3, 0.4) is 0 Å². The molecular weight excluding hydrogens is 314 g/mol. The van der Waals surface area contributed by atoms with E-state index >= 15 is 0 Å². The van der Waals surface area contributed by atoms with Crippen molar-refractivity contribution in [1.29, 1.82) is 0 Å². The van der Waals surface area contributed by atoms with E-state index in [1.165, 1.54) is 0 Å². The van der Waals surface area contributed by atoms with Crippen molar-refractivity contribution in [3.63, 3.8) is 0 Å². The van der Waals surface area contributed by atoms with E-state index in [-0.39, 0.29) is 24.2 Å². The van der Waals surface area contributed by atoms with E-state index in [0.717, 1.165) is 35.6 Å². The molecule has 1 aromatic heterocycles. The van der Waals surface area contributed by atoms with Gasteiger partial charge in [0.25, 0.3) is 0 Å². The summed E-state index contributed by atoms with van der Waals surface area (Å²) in [4.78, 5) is 12.5. The summed E-state index contributed by atoms with van der Waals surface area (Å²) in [5, 5.41) is 10.2. The van der Waals surface area contributed by atoms with Gasteiger partial charge in [-0.15, -0.1) is 12.4 Å². The zero-order valence-corrected chi connectivity index (χ0v) is 14.8. The van der Waals surface area contributed by atoms with Crippen LogP contribution in [0.4, 0.5) is 5.69 Å². The maximum Gasteiger partial charge on any atom is 0.231 e. The van der Waals surface area contributed by atoms with E-state index in [4.69, 9.17) is 4.52 Å². The average molecular weight is 338 g/mol. The van der Waals surface area contributed by atoms with Gasteiger partial charge >= 0.3 is 0 Å². The molecule has 5 nitrogen and oxygen atoms in total. The number of carbonyl (C=O) groups excluding carboxylic acids is 1. The van der Waals surface area contributed by atoms with Crippen molar-refractivity contribution < 1.29 is 9.32 Å². The number of hydrogen-bond acceptors (Lipinski definition) is 4. The van der Waals surface area contributed by atoms with E-state index in [2.05, 4.69) is 22.7 Å². The molecule has 0 bridgehead atoms. The molecule has 0 aliphatic heterocycles. The van der Waals surface area contributed by atoms with Crippen molar-refractivity contribution in [2.45, 2.75) is 40.2 Å². The van der Waals surface area contributed by atoms with Crippen molar-refractivity contribution in [3.05, 3.63) is 46.8 Å². The van der Waals surface area contributed by atoms with Crippen LogP contribution >= 0.6 is 12.4 Å². The summed E-state index contributed by atoms with van der Waals surface area (Å²) in [5.41, 5.74) is 3.54. The number of aryl methyl sites for hydroxylation is 2. The van der Waals surface area contributed by atoms with Crippen molar-refractivity contribution in [3.8, 4) is 0 Å². The van der Waals surface area contributed by atoms with Crippen LogP contribution in [0.15, 0.2) is 28.8 Å². The lowest BCUT2D eigenvalue weighted by molar-refractivity contribution is -0.117. The lowest BCUT2D eigenvalue weighted by atomic mass is 9.98. The van der Waals surface area contributed by atoms with Gasteiger partial charge in [0.15, 0.2) is 0 Å². The second-order valence-electron chi connectivity index (χ2n) is 5.39. The molecule has 1 amide bonds. The van der Waals surface area contributed by atoms with Crippen LogP contribution in [0, 0.1) is 13.8 Å². The molecule has 1 unspecified atom stereocenters. The summed E-state index contributed by atoms with van der Waals surface area (Å²) in [7, 11) is 0. The lowest BCUT2D eigenvalue weighted by Crippen LogP contribution is -2.21. The Balaban J connectivity index is 0.00000264. The van der Waals surface area contributed by atoms with Crippen molar-refractivity contribution >= 4 is 24.0 Å². The van der Waals surface area contributed by atoms with Gasteiger partial charge in [0, 0.05) is 17.8 Å². The Morgan fingerprint density at radius 2 is 2.00 bits per heavy atom. The predicted octanol–water partition coefficient (Wildman–Crippen LogP) is 3.56. The number of halogens is 1. The number of rotatable bonds is 6. The molecule has 0 radical (unpaired) electrons. The predicted molar refractivity (Wildman–Crippen MR) is 94.1 cm³/mol. The number of benzene rings is 1. The molecule has 0 saturated heterocycles. The molecule has 23 heavy (non-hydrogen) atoms. The molecule has 1 heterocycles. The third-order valence-electron chi connectivity index (χ3n) is 3.76. The van der Waals surface area contributed by atoms with Crippen LogP contribution in [-0.4, -0.2) is 17.6 Å². The van der Waals surface area contributed by atoms with Gasteiger partial charge in [-0.25, -0.2) is 0 Å². The second-order valence-corrected chi connectivity index (χ2v) is 5.39. The fraction of sp³-hybridized carbons (Fsp3) is 0.412. The van der Waals surface area contributed by atoms with E-state index < -0.39 is 0 Å². The monoisotopic (exact) mass is 337 g/mol. The first-order chi connectivity index (χ1) is 10.5. The maximum absolute atomic E-state index is 12.5. The zero-order chi connectivity index (χ0) is 16.1. The number of aromatic nitrogens is 1. The average Bonchev–Trinajstić information content (AvgIpc) is 2.84. The SMILES string of the molecule is CCNCc1ccccc1NC(=O)C(C)c1c(C)noc1C.Cl. The number of para-hydroxylation sites is 1. The molecule has 0 fully saturated rings. The molecule has 0 aliphatic rings. The Morgan fingerprint density at radius 1 is 1.30 bits per heavy atom. The van der Waals surface area contributed by atoms with Crippen LogP contribution < -0.4 is 10.6 Å². The van der Waals surface area contributed by atoms with Crippen molar-refractivity contribution in [2.75, 3.05) is 11.9 Å². The number of hydrogen-bond donors (Lipinski definition) is 2. The lowest BCUT2D eigenvalue weighted by Gasteiger charge is -2.15. The normalized spacial score (nSPS) is 11.7. The minimum atomic E-state index is -0.307. The zero-order valence-electron chi connectivity index (χ0n) is 14.0. The summed E-state index contributed by atoms with van der Waals surface area (Å²) < 4.78 is 5.15. The molecule has 2 aromatic rings. The number of amides is 1. The quantitative estimate of drug-likeness (QED) is 0.845. The molecule has 126 valence electrons. The first-order valence-corrected chi connectivity index (χ1v) is 7.56. The van der Waals surface area contributed by atoms with Crippen LogP contribution in [0.1, 0.15) is 42.3 Å². The highest BCUT2D eigenvalue weighted by molar-refractivity contribution is 5.96. The molecule has 6 heteroatoms. The van der Waals surface area contributed by atoms with Gasteiger partial charge in [-0.3, -0.25) is 4.79 Å². The van der Waals surface area contributed by atoms with E-state index in [1.54, 1.807) is 0 Å². The van der Waals surface area contributed by atoms with E-state index in [1.807, 2.05) is 45.0 Å². The molecule has 1 aromatic carbocycles. The smallest absolute Gasteiger partial charge is 0.231 e. The highest BCUT2D eigenvalue weighted by Gasteiger charge is 2.23. The molecule has 2 rings (SSSR count). The minimum absolute atomic E-state index is 0. The van der Waals surface area contributed by atoms with E-state index in [9.17, 15) is 4.79 Å². The summed E-state index contributed by atoms with van der Waals surface area (Å²) in [6.07, 6.45) is 0. The third-order valence-corrected chi connectivity index (χ3v) is 3.76. The Hall–Kier alpha value is -1.85. The first-order valence-electron chi connectivity index (χ1n) is 7.56. The third kappa shape index (κ3) is 4.56. The molecule has 0 spiro atoms. The van der Waals surface area contributed by atoms with Crippen molar-refractivity contribution in [2.24, 2.45) is 0 Å². The van der Waals surface area contributed by atoms with Gasteiger partial charge in [0.1, 0.15) is 5.76 Å². The standard InChI is InChI=1S/C17H23N3O2.ClH/c1-5-18-10-14-8-6-7-9-15(14)19-17(21)11(2)16-12(3)20-22-13(16)4;/h6-9,11,18H,5,10H2,1-4H3,(H,19,21);1H. The molecule has 2 N–H and O–H groups in total. The summed E-state index contributed by atoms with van der Waals surface area (Å²) in [6.45, 7) is 9.23. The highest BCUT2D eigenvalue weighted by Crippen LogP contribution is 2.25. The fourth-order valence-corrected chi connectivity index (χ4v) is 2.54. The van der Waals surface area contributed by atoms with Crippen molar-refractivity contribution in [1.82, 2.24) is 10.5 Å². The molecule has 0 aliphatic carbocycles. The maximum atomic E-state index is 12.5. The number of nitrogens with zero attached hydrogens (tertiary/aromatic N) is 1. The molecule has 0 saturated carbocycles. The summed E-state index contributed by atoms with van der Waals surface area (Å²) >= 11 is 0. The number of nitrogens with one attached hydrogen (secondary N) is 2. The van der Waals surface area contributed by atoms with Gasteiger partial charge in [0.2, 0.25) is 5.91 Å². The first kappa shape index (κ1) is 19.2. The Bertz CT molecular complexity index is 636. The van der Waals surface area contributed by atoms with E-state index in [0.29, 0.717) is 5.76 Å². The Kier molecular flexibility index (Phi) is 7.26. The second kappa shape index (κ2) is 8.70. The topological polar surface area (TPSA) is 67.2 Å². The van der Waals surface area contributed by atoms with Crippen LogP contribution in [0.25, 0.3) is 0 Å². The summed E-state index contributed by atoms with van der Waals surface area (Å²) in [5.74, 6) is 0.331. The number of carbonyl (C=O) groups is 1. The van der Waals surface area contributed by atoms with Gasteiger partial charge < -0.3 is 15.2 Å². The van der Waals surface area contributed by atoms with Crippen LogP contribution in [0.5, 0.6) is 0 Å². The number of anilines is 1. The highest BCUT2D eigenvalue weighted by atomic mass is 35.5. The summed E-state index contributed by atoms with van der Waals surface area (Å²) in [6, 6.07) is 7.83. The van der Waals surface area contributed by atoms with Gasteiger partial charge in [-0.05, 0) is 38.9 Å². The largest absolute Gasteiger partial charge is 0.361 e. The van der Waals surface area contributed by atoms with Gasteiger partial charge in [0.05, 0.1) is 11.6 Å². The fourth-order valence-electron chi connectivity index (χ4n) is 2.54.